The maximum Gasteiger partial charge on any atom is 0.264 e. The fourth-order valence-corrected chi connectivity index (χ4v) is 10.6. The summed E-state index contributed by atoms with van der Waals surface area (Å²) < 4.78 is 17.6. The molecular formula is C37H45N3O8Si. The molecule has 0 aromatic heterocycles. The van der Waals surface area contributed by atoms with Gasteiger partial charge in [-0.25, -0.2) is 0 Å². The maximum absolute atomic E-state index is 14.8. The second-order valence-corrected chi connectivity index (χ2v) is 17.8. The monoisotopic (exact) mass is 687 g/mol. The molecule has 12 heteroatoms. The van der Waals surface area contributed by atoms with Gasteiger partial charge >= 0.3 is 0 Å². The van der Waals surface area contributed by atoms with Gasteiger partial charge in [-0.15, -0.1) is 0 Å². The van der Waals surface area contributed by atoms with E-state index in [9.17, 15) is 24.3 Å². The fraction of sp³-hybridized carbons (Fsp3) is 0.432. The number of benzene rings is 3. The Labute approximate surface area is 287 Å². The van der Waals surface area contributed by atoms with Crippen molar-refractivity contribution in [3.05, 3.63) is 83.4 Å². The molecule has 3 aliphatic heterocycles. The molecule has 1 spiro atoms. The largest absolute Gasteiger partial charge is 0.497 e. The van der Waals surface area contributed by atoms with E-state index in [0.717, 1.165) is 18.4 Å². The number of aliphatic hydroxyl groups excluding tert-OH is 1. The molecule has 3 amide bonds. The van der Waals surface area contributed by atoms with E-state index in [1.807, 2.05) is 44.3 Å². The molecule has 260 valence electrons. The number of likely N-dealkylation sites (tertiary alicyclic amines) is 1. The van der Waals surface area contributed by atoms with Crippen LogP contribution in [-0.4, -0.2) is 80.4 Å². The number of hydrogen-bond donors (Lipinski definition) is 3. The van der Waals surface area contributed by atoms with Crippen molar-refractivity contribution in [3.8, 4) is 11.5 Å². The summed E-state index contributed by atoms with van der Waals surface area (Å²) in [5, 5.41) is 12.8. The first-order valence-corrected chi connectivity index (χ1v) is 19.8. The van der Waals surface area contributed by atoms with Crippen molar-refractivity contribution >= 4 is 37.4 Å². The van der Waals surface area contributed by atoms with E-state index in [4.69, 9.17) is 14.2 Å². The number of fused-ring (bicyclic) bond motifs is 2. The smallest absolute Gasteiger partial charge is 0.264 e. The van der Waals surface area contributed by atoms with E-state index in [1.165, 1.54) is 0 Å². The van der Waals surface area contributed by atoms with Crippen molar-refractivity contribution in [1.82, 2.24) is 4.90 Å². The first kappa shape index (κ1) is 34.6. The maximum atomic E-state index is 14.8. The third kappa shape index (κ3) is 6.34. The Morgan fingerprint density at radius 2 is 1.69 bits per heavy atom. The second kappa shape index (κ2) is 13.6. The highest BCUT2D eigenvalue weighted by atomic mass is 28.4. The summed E-state index contributed by atoms with van der Waals surface area (Å²) in [6.45, 7) is 6.31. The van der Waals surface area contributed by atoms with Gasteiger partial charge in [0, 0.05) is 34.8 Å². The Morgan fingerprint density at radius 3 is 2.33 bits per heavy atom. The SMILES string of the molecule is COc1ccc(C(=O)Nc2ccc(CN3C(=O)[C@@]4(O[C@@H](CC(=O)N5CCC[C@H]5CO)[C@H]([Si](C)(C)O)[C@H]4C)c4cc(OC)ccc43)cc2)cc1. The van der Waals surface area contributed by atoms with Crippen LogP contribution in [-0.2, 0) is 26.5 Å². The van der Waals surface area contributed by atoms with Crippen LogP contribution in [0.4, 0.5) is 11.4 Å². The quantitative estimate of drug-likeness (QED) is 0.262. The Balaban J connectivity index is 1.27. The van der Waals surface area contributed by atoms with Gasteiger partial charge in [-0.2, -0.15) is 0 Å². The Morgan fingerprint density at radius 1 is 1.02 bits per heavy atom. The van der Waals surface area contributed by atoms with Gasteiger partial charge in [-0.3, -0.25) is 14.4 Å². The molecule has 2 fully saturated rings. The van der Waals surface area contributed by atoms with Crippen molar-refractivity contribution in [2.45, 2.75) is 69.1 Å². The molecule has 3 N–H and O–H groups in total. The Kier molecular flexibility index (Phi) is 9.60. The van der Waals surface area contributed by atoms with Crippen LogP contribution in [0.3, 0.4) is 0 Å². The normalized spacial score (nSPS) is 24.8. The molecule has 0 saturated carbocycles. The summed E-state index contributed by atoms with van der Waals surface area (Å²) in [5.74, 6) is 0.144. The van der Waals surface area contributed by atoms with E-state index in [1.54, 1.807) is 66.5 Å². The molecule has 11 nitrogen and oxygen atoms in total. The minimum Gasteiger partial charge on any atom is -0.497 e. The average Bonchev–Trinajstić information content (AvgIpc) is 3.75. The molecule has 49 heavy (non-hydrogen) atoms. The van der Waals surface area contributed by atoms with Crippen LogP contribution in [0.1, 0.15) is 47.7 Å². The van der Waals surface area contributed by atoms with Crippen LogP contribution >= 0.6 is 0 Å². The number of amides is 3. The predicted octanol–water partition coefficient (Wildman–Crippen LogP) is 4.67. The zero-order chi connectivity index (χ0) is 35.1. The molecule has 3 heterocycles. The lowest BCUT2D eigenvalue weighted by Crippen LogP contribution is -2.46. The van der Waals surface area contributed by atoms with Gasteiger partial charge < -0.3 is 39.2 Å². The van der Waals surface area contributed by atoms with E-state index < -0.39 is 31.5 Å². The molecule has 6 rings (SSSR count). The van der Waals surface area contributed by atoms with Crippen molar-refractivity contribution in [2.24, 2.45) is 5.92 Å². The summed E-state index contributed by atoms with van der Waals surface area (Å²) in [5.41, 5.74) is 1.43. The number of rotatable bonds is 10. The van der Waals surface area contributed by atoms with Gasteiger partial charge in [0.25, 0.3) is 11.8 Å². The molecule has 3 aliphatic rings. The lowest BCUT2D eigenvalue weighted by molar-refractivity contribution is -0.150. The number of hydrogen-bond acceptors (Lipinski definition) is 8. The molecular weight excluding hydrogens is 643 g/mol. The third-order valence-electron chi connectivity index (χ3n) is 10.4. The Bertz CT molecular complexity index is 1710. The first-order chi connectivity index (χ1) is 23.4. The topological polar surface area (TPSA) is 138 Å². The van der Waals surface area contributed by atoms with Gasteiger partial charge in [0.15, 0.2) is 13.9 Å². The van der Waals surface area contributed by atoms with Crippen LogP contribution in [0.15, 0.2) is 66.7 Å². The third-order valence-corrected chi connectivity index (χ3v) is 12.9. The lowest BCUT2D eigenvalue weighted by Gasteiger charge is -2.32. The van der Waals surface area contributed by atoms with Crippen molar-refractivity contribution in [3.63, 3.8) is 0 Å². The van der Waals surface area contributed by atoms with Crippen LogP contribution in [0, 0.1) is 5.92 Å². The van der Waals surface area contributed by atoms with Gasteiger partial charge in [-0.05, 0) is 86.1 Å². The van der Waals surface area contributed by atoms with Crippen molar-refractivity contribution < 1.29 is 38.5 Å². The molecule has 3 aromatic carbocycles. The summed E-state index contributed by atoms with van der Waals surface area (Å²) in [4.78, 5) is 56.2. The summed E-state index contributed by atoms with van der Waals surface area (Å²) in [6.07, 6.45) is 0.892. The number of methoxy groups -OCH3 is 2. The number of nitrogens with zero attached hydrogens (tertiary/aromatic N) is 2. The van der Waals surface area contributed by atoms with E-state index in [-0.39, 0.29) is 43.3 Å². The molecule has 0 radical (unpaired) electrons. The number of carbonyl (C=O) groups is 3. The number of aliphatic hydroxyl groups is 1. The summed E-state index contributed by atoms with van der Waals surface area (Å²) in [6, 6.07) is 19.4. The van der Waals surface area contributed by atoms with E-state index in [0.29, 0.717) is 40.5 Å². The van der Waals surface area contributed by atoms with Crippen LogP contribution in [0.2, 0.25) is 18.6 Å². The second-order valence-electron chi connectivity index (χ2n) is 13.8. The summed E-state index contributed by atoms with van der Waals surface area (Å²) in [7, 11) is 0.156. The highest BCUT2D eigenvalue weighted by Gasteiger charge is 2.66. The molecule has 5 atom stereocenters. The van der Waals surface area contributed by atoms with Crippen LogP contribution in [0.25, 0.3) is 0 Å². The van der Waals surface area contributed by atoms with Gasteiger partial charge in [-0.1, -0.05) is 19.1 Å². The number of anilines is 2. The molecule has 0 aliphatic carbocycles. The van der Waals surface area contributed by atoms with E-state index in [2.05, 4.69) is 5.32 Å². The minimum atomic E-state index is -2.98. The average molecular weight is 688 g/mol. The molecule has 0 unspecified atom stereocenters. The number of ether oxygens (including phenoxy) is 3. The first-order valence-electron chi connectivity index (χ1n) is 16.8. The highest BCUT2D eigenvalue weighted by Crippen LogP contribution is 2.60. The fourth-order valence-electron chi connectivity index (χ4n) is 8.01. The molecule has 2 saturated heterocycles. The minimum absolute atomic E-state index is 0.0144. The van der Waals surface area contributed by atoms with E-state index >= 15 is 0 Å². The molecule has 3 aromatic rings. The zero-order valence-corrected chi connectivity index (χ0v) is 29.6. The van der Waals surface area contributed by atoms with Crippen LogP contribution in [0.5, 0.6) is 11.5 Å². The lowest BCUT2D eigenvalue weighted by atomic mass is 9.82. The van der Waals surface area contributed by atoms with Gasteiger partial charge in [0.2, 0.25) is 5.91 Å². The Hall–Kier alpha value is -4.23. The molecule has 0 bridgehead atoms. The predicted molar refractivity (Wildman–Crippen MR) is 187 cm³/mol. The van der Waals surface area contributed by atoms with Crippen molar-refractivity contribution in [2.75, 3.05) is 37.6 Å². The zero-order valence-electron chi connectivity index (χ0n) is 28.6. The standard InChI is InChI=1S/C37H45N3O8Si/c1-23-34(49(4,5)45)32(20-33(42)39-18-6-7-27(39)22-41)48-37(23)30-19-29(47-3)16-17-31(30)40(36(37)44)21-24-8-12-26(13-9-24)38-35(43)25-10-14-28(46-2)15-11-25/h8-17,19,23,27,32,34,41,45H,6-7,18,20-22H2,1-5H3,(H,38,43)/t23-,27+,32+,34-,37+/m1/s1. The number of carbonyl (C=O) groups excluding carboxylic acids is 3. The number of nitrogens with one attached hydrogen (secondary N) is 1. The highest BCUT2D eigenvalue weighted by molar-refractivity contribution is 6.71. The summed E-state index contributed by atoms with van der Waals surface area (Å²) >= 11 is 0. The van der Waals surface area contributed by atoms with Gasteiger partial charge in [0.1, 0.15) is 11.5 Å². The van der Waals surface area contributed by atoms with Crippen molar-refractivity contribution in [1.29, 1.82) is 0 Å². The van der Waals surface area contributed by atoms with Crippen LogP contribution < -0.4 is 19.7 Å². The van der Waals surface area contributed by atoms with Gasteiger partial charge in [0.05, 0.1) is 51.6 Å².